The normalized spacial score (nSPS) is 12.7. The van der Waals surface area contributed by atoms with E-state index >= 15 is 0 Å². The molecule has 1 heterocycles. The predicted molar refractivity (Wildman–Crippen MR) is 69.9 cm³/mol. The van der Waals surface area contributed by atoms with Crippen LogP contribution in [0, 0.1) is 5.82 Å². The number of aryl methyl sites for hydroxylation is 2. The van der Waals surface area contributed by atoms with Crippen LogP contribution in [0.15, 0.2) is 30.5 Å². The molecule has 2 N–H and O–H groups in total. The van der Waals surface area contributed by atoms with Crippen molar-refractivity contribution in [3.63, 3.8) is 0 Å². The Labute approximate surface area is 110 Å². The van der Waals surface area contributed by atoms with Crippen molar-refractivity contribution in [3.8, 4) is 0 Å². The quantitative estimate of drug-likeness (QED) is 0.926. The van der Waals surface area contributed by atoms with Crippen molar-refractivity contribution in [2.45, 2.75) is 18.9 Å². The van der Waals surface area contributed by atoms with Gasteiger partial charge >= 0.3 is 0 Å². The third-order valence-electron chi connectivity index (χ3n) is 3.01. The van der Waals surface area contributed by atoms with Gasteiger partial charge in [-0.25, -0.2) is 4.39 Å². The summed E-state index contributed by atoms with van der Waals surface area (Å²) in [6, 6.07) is 6.39. The van der Waals surface area contributed by atoms with Crippen molar-refractivity contribution in [2.75, 3.05) is 0 Å². The van der Waals surface area contributed by atoms with E-state index in [9.17, 15) is 4.39 Å². The molecule has 1 aromatic heterocycles. The third-order valence-corrected chi connectivity index (χ3v) is 3.41. The zero-order chi connectivity index (χ0) is 13.1. The number of benzene rings is 1. The number of rotatable bonds is 4. The fourth-order valence-corrected chi connectivity index (χ4v) is 2.18. The fourth-order valence-electron chi connectivity index (χ4n) is 1.91. The van der Waals surface area contributed by atoms with E-state index in [4.69, 9.17) is 17.3 Å². The second kappa shape index (κ2) is 5.50. The van der Waals surface area contributed by atoms with Gasteiger partial charge < -0.3 is 5.73 Å². The van der Waals surface area contributed by atoms with Gasteiger partial charge in [0.05, 0.1) is 5.02 Å². The Hall–Kier alpha value is -1.39. The maximum absolute atomic E-state index is 13.3. The van der Waals surface area contributed by atoms with Crippen LogP contribution in [0.25, 0.3) is 0 Å². The van der Waals surface area contributed by atoms with Crippen molar-refractivity contribution in [2.24, 2.45) is 12.8 Å². The average molecular weight is 268 g/mol. The molecule has 18 heavy (non-hydrogen) atoms. The summed E-state index contributed by atoms with van der Waals surface area (Å²) in [7, 11) is 1.88. The molecule has 2 aromatic rings. The monoisotopic (exact) mass is 267 g/mol. The topological polar surface area (TPSA) is 43.8 Å². The molecule has 0 saturated carbocycles. The second-order valence-electron chi connectivity index (χ2n) is 4.23. The summed E-state index contributed by atoms with van der Waals surface area (Å²) in [5.41, 5.74) is 7.80. The van der Waals surface area contributed by atoms with Crippen molar-refractivity contribution in [1.29, 1.82) is 0 Å². The lowest BCUT2D eigenvalue weighted by atomic mass is 10.0. The molecule has 1 aromatic carbocycles. The third kappa shape index (κ3) is 2.71. The van der Waals surface area contributed by atoms with Gasteiger partial charge in [-0.2, -0.15) is 5.10 Å². The largest absolute Gasteiger partial charge is 0.324 e. The first-order valence-electron chi connectivity index (χ1n) is 5.76. The van der Waals surface area contributed by atoms with Gasteiger partial charge in [0.25, 0.3) is 0 Å². The minimum Gasteiger partial charge on any atom is -0.324 e. The van der Waals surface area contributed by atoms with E-state index < -0.39 is 5.82 Å². The van der Waals surface area contributed by atoms with Crippen LogP contribution in [0.1, 0.15) is 23.7 Å². The maximum atomic E-state index is 13.3. The van der Waals surface area contributed by atoms with Crippen molar-refractivity contribution in [3.05, 3.63) is 52.6 Å². The molecular formula is C13H15ClFN3. The lowest BCUT2D eigenvalue weighted by molar-refractivity contribution is 0.597. The lowest BCUT2D eigenvalue weighted by Gasteiger charge is -2.14. The predicted octanol–water partition coefficient (Wildman–Crippen LogP) is 2.85. The van der Waals surface area contributed by atoms with Crippen molar-refractivity contribution < 1.29 is 4.39 Å². The Morgan fingerprint density at radius 2 is 2.22 bits per heavy atom. The number of halogens is 2. The summed E-state index contributed by atoms with van der Waals surface area (Å²) in [4.78, 5) is 0. The fraction of sp³-hybridized carbons (Fsp3) is 0.308. The highest BCUT2D eigenvalue weighted by atomic mass is 35.5. The van der Waals surface area contributed by atoms with Crippen LogP contribution in [0.4, 0.5) is 4.39 Å². The molecule has 0 aliphatic heterocycles. The van der Waals surface area contributed by atoms with E-state index in [2.05, 4.69) is 5.10 Å². The van der Waals surface area contributed by atoms with E-state index in [1.807, 2.05) is 13.1 Å². The van der Waals surface area contributed by atoms with Crippen molar-refractivity contribution in [1.82, 2.24) is 9.78 Å². The first-order chi connectivity index (χ1) is 8.59. The minimum absolute atomic E-state index is 0.120. The number of nitrogens with zero attached hydrogens (tertiary/aromatic N) is 2. The first-order valence-corrected chi connectivity index (χ1v) is 6.13. The van der Waals surface area contributed by atoms with Gasteiger partial charge in [-0.3, -0.25) is 4.68 Å². The zero-order valence-electron chi connectivity index (χ0n) is 10.1. The molecular weight excluding hydrogens is 253 g/mol. The smallest absolute Gasteiger partial charge is 0.142 e. The maximum Gasteiger partial charge on any atom is 0.142 e. The van der Waals surface area contributed by atoms with Gasteiger partial charge in [0.1, 0.15) is 5.82 Å². The number of hydrogen-bond donors (Lipinski definition) is 1. The Morgan fingerprint density at radius 3 is 2.89 bits per heavy atom. The van der Waals surface area contributed by atoms with Crippen LogP contribution in [0.3, 0.4) is 0 Å². The Kier molecular flexibility index (Phi) is 3.99. The van der Waals surface area contributed by atoms with Crippen LogP contribution in [0.2, 0.25) is 5.02 Å². The average Bonchev–Trinajstić information content (AvgIpc) is 2.75. The second-order valence-corrected chi connectivity index (χ2v) is 4.61. The van der Waals surface area contributed by atoms with Crippen LogP contribution in [-0.2, 0) is 13.5 Å². The van der Waals surface area contributed by atoms with E-state index in [1.54, 1.807) is 23.0 Å². The molecule has 0 radical (unpaired) electrons. The summed E-state index contributed by atoms with van der Waals surface area (Å²) in [6.45, 7) is 0. The van der Waals surface area contributed by atoms with Crippen molar-refractivity contribution >= 4 is 11.6 Å². The van der Waals surface area contributed by atoms with Gasteiger partial charge in [0.15, 0.2) is 0 Å². The van der Waals surface area contributed by atoms with Crippen LogP contribution >= 0.6 is 11.6 Å². The lowest BCUT2D eigenvalue weighted by Crippen LogP contribution is -2.13. The molecule has 0 aliphatic carbocycles. The minimum atomic E-state index is -0.426. The molecule has 0 fully saturated rings. The number of hydrogen-bond acceptors (Lipinski definition) is 2. The Morgan fingerprint density at radius 1 is 1.44 bits per heavy atom. The SMILES string of the molecule is Cn1nccc1CCC(N)c1cccc(F)c1Cl. The molecule has 0 spiro atoms. The molecule has 5 heteroatoms. The highest BCUT2D eigenvalue weighted by Gasteiger charge is 2.13. The molecule has 1 atom stereocenters. The molecule has 1 unspecified atom stereocenters. The van der Waals surface area contributed by atoms with Gasteiger partial charge in [0, 0.05) is 25.0 Å². The zero-order valence-corrected chi connectivity index (χ0v) is 10.9. The molecule has 2 rings (SSSR count). The van der Waals surface area contributed by atoms with E-state index in [0.29, 0.717) is 12.0 Å². The standard InChI is InChI=1S/C13H15ClFN3/c1-18-9(7-8-17-18)5-6-12(16)10-3-2-4-11(15)13(10)14/h2-4,7-8,12H,5-6,16H2,1H3. The molecule has 0 bridgehead atoms. The number of nitrogens with two attached hydrogens (primary N) is 1. The molecule has 0 amide bonds. The summed E-state index contributed by atoms with van der Waals surface area (Å²) in [6.07, 6.45) is 3.23. The number of aromatic nitrogens is 2. The molecule has 0 aliphatic rings. The van der Waals surface area contributed by atoms with E-state index in [-0.39, 0.29) is 11.1 Å². The van der Waals surface area contributed by atoms with Gasteiger partial charge in [-0.1, -0.05) is 23.7 Å². The summed E-state index contributed by atoms with van der Waals surface area (Å²) in [5, 5.41) is 4.21. The summed E-state index contributed by atoms with van der Waals surface area (Å²) in [5.74, 6) is -0.426. The highest BCUT2D eigenvalue weighted by molar-refractivity contribution is 6.31. The summed E-state index contributed by atoms with van der Waals surface area (Å²) < 4.78 is 15.1. The molecule has 96 valence electrons. The molecule has 3 nitrogen and oxygen atoms in total. The van der Waals surface area contributed by atoms with Gasteiger partial charge in [-0.15, -0.1) is 0 Å². The Balaban J connectivity index is 2.06. The van der Waals surface area contributed by atoms with Crippen LogP contribution < -0.4 is 5.73 Å². The van der Waals surface area contributed by atoms with Crippen LogP contribution in [-0.4, -0.2) is 9.78 Å². The first kappa shape index (κ1) is 13.1. The van der Waals surface area contributed by atoms with Gasteiger partial charge in [-0.05, 0) is 30.5 Å². The van der Waals surface area contributed by atoms with E-state index in [0.717, 1.165) is 12.1 Å². The van der Waals surface area contributed by atoms with Crippen LogP contribution in [0.5, 0.6) is 0 Å². The highest BCUT2D eigenvalue weighted by Crippen LogP contribution is 2.26. The Bertz CT molecular complexity index is 539. The van der Waals surface area contributed by atoms with Gasteiger partial charge in [0.2, 0.25) is 0 Å². The summed E-state index contributed by atoms with van der Waals surface area (Å²) >= 11 is 5.91. The molecule has 0 saturated heterocycles. The van der Waals surface area contributed by atoms with E-state index in [1.165, 1.54) is 6.07 Å².